The average molecular weight is 374 g/mol. The lowest BCUT2D eigenvalue weighted by atomic mass is 9.93. The van der Waals surface area contributed by atoms with Crippen molar-refractivity contribution in [2.24, 2.45) is 5.92 Å². The van der Waals surface area contributed by atoms with Crippen molar-refractivity contribution >= 4 is 17.8 Å². The summed E-state index contributed by atoms with van der Waals surface area (Å²) in [6.45, 7) is 0.860. The Morgan fingerprint density at radius 3 is 2.41 bits per heavy atom. The van der Waals surface area contributed by atoms with Crippen molar-refractivity contribution in [3.63, 3.8) is 0 Å². The Bertz CT molecular complexity index is 736. The molecule has 1 aromatic carbocycles. The third kappa shape index (κ3) is 3.77. The van der Waals surface area contributed by atoms with Gasteiger partial charge in [-0.3, -0.25) is 14.4 Å². The molecule has 2 fully saturated rings. The fourth-order valence-electron chi connectivity index (χ4n) is 3.88. The van der Waals surface area contributed by atoms with E-state index in [4.69, 9.17) is 9.84 Å². The zero-order valence-electron chi connectivity index (χ0n) is 15.8. The summed E-state index contributed by atoms with van der Waals surface area (Å²) in [5.74, 6) is -0.694. The molecule has 7 nitrogen and oxygen atoms in total. The predicted molar refractivity (Wildman–Crippen MR) is 98.5 cm³/mol. The van der Waals surface area contributed by atoms with Gasteiger partial charge in [-0.1, -0.05) is 18.2 Å². The highest BCUT2D eigenvalue weighted by atomic mass is 16.5. The molecule has 1 aromatic rings. The quantitative estimate of drug-likeness (QED) is 0.816. The molecule has 0 unspecified atom stereocenters. The van der Waals surface area contributed by atoms with E-state index in [2.05, 4.69) is 0 Å². The number of likely N-dealkylation sites (N-methyl/N-ethyl adjacent to an activating group) is 1. The number of amides is 2. The van der Waals surface area contributed by atoms with Crippen LogP contribution in [0.4, 0.5) is 0 Å². The van der Waals surface area contributed by atoms with Crippen LogP contribution in [0.3, 0.4) is 0 Å². The smallest absolute Gasteiger partial charge is 0.306 e. The van der Waals surface area contributed by atoms with E-state index in [9.17, 15) is 14.4 Å². The van der Waals surface area contributed by atoms with Crippen LogP contribution in [0.2, 0.25) is 0 Å². The van der Waals surface area contributed by atoms with Gasteiger partial charge in [0.2, 0.25) is 11.8 Å². The largest absolute Gasteiger partial charge is 0.496 e. The zero-order valence-corrected chi connectivity index (χ0v) is 15.8. The summed E-state index contributed by atoms with van der Waals surface area (Å²) in [6.07, 6.45) is 2.41. The average Bonchev–Trinajstić information content (AvgIpc) is 3.49. The van der Waals surface area contributed by atoms with Crippen LogP contribution in [0, 0.1) is 5.92 Å². The summed E-state index contributed by atoms with van der Waals surface area (Å²) in [7, 11) is 3.24. The minimum Gasteiger partial charge on any atom is -0.496 e. The highest BCUT2D eigenvalue weighted by Gasteiger charge is 2.54. The van der Waals surface area contributed by atoms with Crippen LogP contribution in [0.25, 0.3) is 0 Å². The Balaban J connectivity index is 1.63. The molecule has 0 atom stereocenters. The monoisotopic (exact) mass is 374 g/mol. The molecule has 27 heavy (non-hydrogen) atoms. The molecule has 2 aliphatic rings. The number of hydrogen-bond donors (Lipinski definition) is 1. The Kier molecular flexibility index (Phi) is 5.39. The minimum absolute atomic E-state index is 0.00741. The first-order valence-corrected chi connectivity index (χ1v) is 9.28. The highest BCUT2D eigenvalue weighted by Crippen LogP contribution is 2.52. The maximum Gasteiger partial charge on any atom is 0.306 e. The first-order valence-electron chi connectivity index (χ1n) is 9.28. The number of nitrogens with zero attached hydrogens (tertiary/aromatic N) is 2. The van der Waals surface area contributed by atoms with Gasteiger partial charge < -0.3 is 19.6 Å². The van der Waals surface area contributed by atoms with Gasteiger partial charge in [-0.15, -0.1) is 0 Å². The van der Waals surface area contributed by atoms with Gasteiger partial charge in [0.05, 0.1) is 25.0 Å². The molecule has 1 N–H and O–H groups in total. The van der Waals surface area contributed by atoms with E-state index < -0.39 is 11.4 Å². The number of ether oxygens (including phenoxy) is 1. The van der Waals surface area contributed by atoms with Gasteiger partial charge in [-0.2, -0.15) is 0 Å². The second kappa shape index (κ2) is 7.58. The zero-order chi connectivity index (χ0) is 19.6. The lowest BCUT2D eigenvalue weighted by molar-refractivity contribution is -0.146. The molecule has 0 aromatic heterocycles. The van der Waals surface area contributed by atoms with Crippen molar-refractivity contribution in [1.82, 2.24) is 9.80 Å². The van der Waals surface area contributed by atoms with Crippen LogP contribution in [-0.2, 0) is 19.8 Å². The number of carboxylic acids is 1. The van der Waals surface area contributed by atoms with E-state index >= 15 is 0 Å². The number of rotatable bonds is 6. The summed E-state index contributed by atoms with van der Waals surface area (Å²) >= 11 is 0. The van der Waals surface area contributed by atoms with Crippen LogP contribution < -0.4 is 4.74 Å². The lowest BCUT2D eigenvalue weighted by Gasteiger charge is -2.32. The fourth-order valence-corrected chi connectivity index (χ4v) is 3.88. The molecule has 1 aliphatic carbocycles. The van der Waals surface area contributed by atoms with Gasteiger partial charge in [-0.05, 0) is 31.7 Å². The molecule has 2 amide bonds. The van der Waals surface area contributed by atoms with Crippen LogP contribution >= 0.6 is 0 Å². The third-order valence-corrected chi connectivity index (χ3v) is 5.70. The van der Waals surface area contributed by atoms with Crippen molar-refractivity contribution < 1.29 is 24.2 Å². The summed E-state index contributed by atoms with van der Waals surface area (Å²) in [4.78, 5) is 39.8. The highest BCUT2D eigenvalue weighted by molar-refractivity contribution is 5.94. The SMILES string of the molecule is COc1ccccc1C1(C(=O)N(C)CC(=O)N2CCC(C(=O)O)CC2)CC1. The second-order valence-corrected chi connectivity index (χ2v) is 7.44. The Hall–Kier alpha value is -2.57. The summed E-state index contributed by atoms with van der Waals surface area (Å²) in [5.41, 5.74) is 0.275. The van der Waals surface area contributed by atoms with E-state index in [1.807, 2.05) is 24.3 Å². The topological polar surface area (TPSA) is 87.2 Å². The number of piperidine rings is 1. The number of carbonyl (C=O) groups excluding carboxylic acids is 2. The summed E-state index contributed by atoms with van der Waals surface area (Å²) in [6, 6.07) is 7.52. The van der Waals surface area contributed by atoms with Gasteiger partial charge in [0.15, 0.2) is 0 Å². The molecule has 146 valence electrons. The number of methoxy groups -OCH3 is 1. The molecule has 0 bridgehead atoms. The molecule has 1 saturated carbocycles. The van der Waals surface area contributed by atoms with Gasteiger partial charge in [0.1, 0.15) is 5.75 Å². The molecular formula is C20H26N2O5. The van der Waals surface area contributed by atoms with Crippen LogP contribution in [-0.4, -0.2) is 66.5 Å². The molecule has 0 spiro atoms. The van der Waals surface area contributed by atoms with Gasteiger partial charge in [-0.25, -0.2) is 0 Å². The van der Waals surface area contributed by atoms with Crippen molar-refractivity contribution in [1.29, 1.82) is 0 Å². The van der Waals surface area contributed by atoms with E-state index in [1.54, 1.807) is 19.1 Å². The van der Waals surface area contributed by atoms with Gasteiger partial charge in [0.25, 0.3) is 0 Å². The normalized spacial score (nSPS) is 18.7. The third-order valence-electron chi connectivity index (χ3n) is 5.70. The first kappa shape index (κ1) is 19.2. The molecular weight excluding hydrogens is 348 g/mol. The standard InChI is InChI=1S/C20H26N2O5/c1-21(13-17(23)22-11-7-14(8-12-22)18(24)25)19(26)20(9-10-20)15-5-3-4-6-16(15)27-2/h3-6,14H,7-13H2,1-2H3,(H,24,25). The minimum atomic E-state index is -0.804. The maximum absolute atomic E-state index is 13.1. The number of benzene rings is 1. The van der Waals surface area contributed by atoms with Crippen molar-refractivity contribution in [2.45, 2.75) is 31.1 Å². The lowest BCUT2D eigenvalue weighted by Crippen LogP contribution is -2.47. The van der Waals surface area contributed by atoms with E-state index in [0.717, 1.165) is 18.4 Å². The Morgan fingerprint density at radius 1 is 1.22 bits per heavy atom. The van der Waals surface area contributed by atoms with Crippen molar-refractivity contribution in [3.05, 3.63) is 29.8 Å². The van der Waals surface area contributed by atoms with E-state index in [0.29, 0.717) is 31.7 Å². The number of hydrogen-bond acceptors (Lipinski definition) is 4. The molecule has 7 heteroatoms. The van der Waals surface area contributed by atoms with Gasteiger partial charge in [0, 0.05) is 25.7 Å². The Labute approximate surface area is 158 Å². The van der Waals surface area contributed by atoms with Crippen molar-refractivity contribution in [3.8, 4) is 5.75 Å². The van der Waals surface area contributed by atoms with Crippen LogP contribution in [0.15, 0.2) is 24.3 Å². The fraction of sp³-hybridized carbons (Fsp3) is 0.550. The molecule has 3 rings (SSSR count). The first-order chi connectivity index (χ1) is 12.9. The summed E-state index contributed by atoms with van der Waals surface area (Å²) in [5, 5.41) is 9.06. The molecule has 0 radical (unpaired) electrons. The molecule has 1 saturated heterocycles. The van der Waals surface area contributed by atoms with Crippen LogP contribution in [0.1, 0.15) is 31.2 Å². The van der Waals surface area contributed by atoms with Crippen molar-refractivity contribution in [2.75, 3.05) is 33.8 Å². The predicted octanol–water partition coefficient (Wildman–Crippen LogP) is 1.51. The summed E-state index contributed by atoms with van der Waals surface area (Å²) < 4.78 is 5.41. The number of para-hydroxylation sites is 1. The number of carbonyl (C=O) groups is 3. The number of likely N-dealkylation sites (tertiary alicyclic amines) is 1. The van der Waals surface area contributed by atoms with E-state index in [-0.39, 0.29) is 24.3 Å². The van der Waals surface area contributed by atoms with Gasteiger partial charge >= 0.3 is 5.97 Å². The second-order valence-electron chi connectivity index (χ2n) is 7.44. The van der Waals surface area contributed by atoms with Crippen LogP contribution in [0.5, 0.6) is 5.75 Å². The Morgan fingerprint density at radius 2 is 1.85 bits per heavy atom. The molecule has 1 heterocycles. The maximum atomic E-state index is 13.1. The molecule has 1 aliphatic heterocycles. The van der Waals surface area contributed by atoms with E-state index in [1.165, 1.54) is 4.90 Å². The number of carboxylic acid groups (broad SMARTS) is 1. The number of aliphatic carboxylic acids is 1.